The molecule has 162 valence electrons. The van der Waals surface area contributed by atoms with Crippen LogP contribution in [0.15, 0.2) is 120 Å². The maximum Gasteiger partial charge on any atom is 0.188 e. The molecule has 5 rings (SSSR count). The van der Waals surface area contributed by atoms with Gasteiger partial charge in [-0.3, -0.25) is 9.80 Å². The lowest BCUT2D eigenvalue weighted by molar-refractivity contribution is 0.0957. The molecule has 0 saturated heterocycles. The highest BCUT2D eigenvalue weighted by Crippen LogP contribution is 2.38. The molecule has 1 aliphatic heterocycles. The monoisotopic (exact) mass is 432 g/mol. The van der Waals surface area contributed by atoms with E-state index < -0.39 is 6.04 Å². The van der Waals surface area contributed by atoms with Crippen molar-refractivity contribution in [1.29, 1.82) is 0 Å². The quantitative estimate of drug-likeness (QED) is 0.353. The number of carbonyl (C=O) groups is 1. The predicted molar refractivity (Wildman–Crippen MR) is 132 cm³/mol. The molecule has 0 radical (unpaired) electrons. The Bertz CT molecular complexity index is 1250. The van der Waals surface area contributed by atoms with Crippen LogP contribution in [0.2, 0.25) is 0 Å². The molecule has 4 aromatic rings. The third-order valence-electron chi connectivity index (χ3n) is 5.98. The van der Waals surface area contributed by atoms with Crippen molar-refractivity contribution in [3.8, 4) is 5.75 Å². The number of rotatable bonds is 6. The summed E-state index contributed by atoms with van der Waals surface area (Å²) < 4.78 is 5.29. The summed E-state index contributed by atoms with van der Waals surface area (Å²) in [7, 11) is 1.62. The number of para-hydroxylation sites is 1. The van der Waals surface area contributed by atoms with Crippen LogP contribution in [0.4, 0.5) is 5.69 Å². The van der Waals surface area contributed by atoms with Crippen molar-refractivity contribution in [2.75, 3.05) is 12.1 Å². The van der Waals surface area contributed by atoms with Crippen molar-refractivity contribution < 1.29 is 9.53 Å². The van der Waals surface area contributed by atoms with E-state index in [9.17, 15) is 4.79 Å². The SMILES string of the molecule is COc1ccc(C(=O)[C@@H]2[C@@H](c3ccccc3)C(c3ccccc3)=NN2c2ccccc2)cc1. The van der Waals surface area contributed by atoms with Crippen molar-refractivity contribution in [3.05, 3.63) is 132 Å². The van der Waals surface area contributed by atoms with Crippen molar-refractivity contribution in [1.82, 2.24) is 0 Å². The maximum atomic E-state index is 14.0. The van der Waals surface area contributed by atoms with E-state index in [2.05, 4.69) is 24.3 Å². The van der Waals surface area contributed by atoms with E-state index in [0.717, 1.165) is 28.3 Å². The molecule has 0 bridgehead atoms. The van der Waals surface area contributed by atoms with E-state index in [4.69, 9.17) is 9.84 Å². The molecule has 4 aromatic carbocycles. The number of nitrogens with zero attached hydrogens (tertiary/aromatic N) is 2. The second-order valence-electron chi connectivity index (χ2n) is 7.96. The number of benzene rings is 4. The average molecular weight is 433 g/mol. The minimum absolute atomic E-state index is 0.0186. The standard InChI is InChI=1S/C29H24N2O2/c1-33-25-19-17-23(18-20-25)29(32)28-26(21-11-5-2-6-12-21)27(22-13-7-3-8-14-22)30-31(28)24-15-9-4-10-16-24/h2-20,26,28H,1H3/t26-,28-/m0/s1. The fraction of sp³-hybridized carbons (Fsp3) is 0.103. The molecule has 0 N–H and O–H groups in total. The van der Waals surface area contributed by atoms with Gasteiger partial charge in [-0.05, 0) is 47.5 Å². The summed E-state index contributed by atoms with van der Waals surface area (Å²) in [5.74, 6) is 0.521. The maximum absolute atomic E-state index is 14.0. The van der Waals surface area contributed by atoms with Gasteiger partial charge in [-0.2, -0.15) is 5.10 Å². The first-order chi connectivity index (χ1) is 16.3. The van der Waals surface area contributed by atoms with Gasteiger partial charge in [-0.1, -0.05) is 78.9 Å². The lowest BCUT2D eigenvalue weighted by Gasteiger charge is -2.27. The van der Waals surface area contributed by atoms with Crippen molar-refractivity contribution in [3.63, 3.8) is 0 Å². The number of ether oxygens (including phenoxy) is 1. The molecule has 4 heteroatoms. The first kappa shape index (κ1) is 20.7. The molecule has 2 atom stereocenters. The Morgan fingerprint density at radius 1 is 0.758 bits per heavy atom. The van der Waals surface area contributed by atoms with Gasteiger partial charge >= 0.3 is 0 Å². The summed E-state index contributed by atoms with van der Waals surface area (Å²) in [4.78, 5) is 14.0. The number of ketones is 1. The van der Waals surface area contributed by atoms with Gasteiger partial charge in [0.2, 0.25) is 0 Å². The lowest BCUT2D eigenvalue weighted by Crippen LogP contribution is -2.39. The minimum atomic E-state index is -0.515. The normalized spacial score (nSPS) is 17.5. The third kappa shape index (κ3) is 4.03. The molecule has 0 amide bonds. The molecule has 0 unspecified atom stereocenters. The minimum Gasteiger partial charge on any atom is -0.497 e. The van der Waals surface area contributed by atoms with Crippen LogP contribution in [0, 0.1) is 0 Å². The molecule has 33 heavy (non-hydrogen) atoms. The van der Waals surface area contributed by atoms with E-state index in [1.807, 2.05) is 96.0 Å². The zero-order chi connectivity index (χ0) is 22.6. The number of hydrogen-bond acceptors (Lipinski definition) is 4. The molecular weight excluding hydrogens is 408 g/mol. The van der Waals surface area contributed by atoms with Crippen LogP contribution < -0.4 is 9.75 Å². The highest BCUT2D eigenvalue weighted by atomic mass is 16.5. The number of hydrazone groups is 1. The number of Topliss-reactive ketones (excluding diaryl/α,β-unsaturated/α-hetero) is 1. The van der Waals surface area contributed by atoms with Crippen LogP contribution in [0.1, 0.15) is 27.4 Å². The summed E-state index contributed by atoms with van der Waals surface area (Å²) >= 11 is 0. The second kappa shape index (κ2) is 9.13. The van der Waals surface area contributed by atoms with Gasteiger partial charge in [-0.25, -0.2) is 0 Å². The van der Waals surface area contributed by atoms with Gasteiger partial charge < -0.3 is 4.74 Å². The lowest BCUT2D eigenvalue weighted by atomic mass is 9.82. The van der Waals surface area contributed by atoms with Crippen LogP contribution in [0.3, 0.4) is 0 Å². The Hall–Kier alpha value is -4.18. The van der Waals surface area contributed by atoms with E-state index in [0.29, 0.717) is 5.56 Å². The number of anilines is 1. The first-order valence-electron chi connectivity index (χ1n) is 11.0. The molecule has 0 spiro atoms. The second-order valence-corrected chi connectivity index (χ2v) is 7.96. The zero-order valence-electron chi connectivity index (χ0n) is 18.3. The van der Waals surface area contributed by atoms with Gasteiger partial charge in [0.1, 0.15) is 11.8 Å². The van der Waals surface area contributed by atoms with Crippen LogP contribution in [-0.2, 0) is 0 Å². The summed E-state index contributed by atoms with van der Waals surface area (Å²) in [5.41, 5.74) is 4.48. The highest BCUT2D eigenvalue weighted by molar-refractivity contribution is 6.15. The van der Waals surface area contributed by atoms with Crippen LogP contribution >= 0.6 is 0 Å². The molecule has 0 aliphatic carbocycles. The molecule has 0 fully saturated rings. The molecule has 0 aromatic heterocycles. The van der Waals surface area contributed by atoms with Crippen LogP contribution in [-0.4, -0.2) is 24.6 Å². The Balaban J connectivity index is 1.67. The van der Waals surface area contributed by atoms with E-state index in [1.165, 1.54) is 0 Å². The topological polar surface area (TPSA) is 41.9 Å². The van der Waals surface area contributed by atoms with Gasteiger partial charge in [0.05, 0.1) is 24.4 Å². The fourth-order valence-corrected chi connectivity index (χ4v) is 4.37. The Kier molecular flexibility index (Phi) is 5.73. The van der Waals surface area contributed by atoms with Gasteiger partial charge in [0.15, 0.2) is 5.78 Å². The first-order valence-corrected chi connectivity index (χ1v) is 11.0. The molecule has 1 heterocycles. The third-order valence-corrected chi connectivity index (χ3v) is 5.98. The Morgan fingerprint density at radius 2 is 1.33 bits per heavy atom. The Labute approximate surface area is 193 Å². The summed E-state index contributed by atoms with van der Waals surface area (Å²) in [5, 5.41) is 6.93. The zero-order valence-corrected chi connectivity index (χ0v) is 18.3. The number of hydrogen-bond donors (Lipinski definition) is 0. The number of carbonyl (C=O) groups excluding carboxylic acids is 1. The number of methoxy groups -OCH3 is 1. The fourth-order valence-electron chi connectivity index (χ4n) is 4.37. The van der Waals surface area contributed by atoms with Gasteiger partial charge in [0, 0.05) is 5.56 Å². The smallest absolute Gasteiger partial charge is 0.188 e. The van der Waals surface area contributed by atoms with Gasteiger partial charge in [0.25, 0.3) is 0 Å². The summed E-state index contributed by atoms with van der Waals surface area (Å²) in [6.07, 6.45) is 0. The highest BCUT2D eigenvalue weighted by Gasteiger charge is 2.44. The molecular formula is C29H24N2O2. The molecule has 0 saturated carbocycles. The Morgan fingerprint density at radius 3 is 1.94 bits per heavy atom. The van der Waals surface area contributed by atoms with E-state index >= 15 is 0 Å². The van der Waals surface area contributed by atoms with E-state index in [1.54, 1.807) is 7.11 Å². The van der Waals surface area contributed by atoms with Crippen molar-refractivity contribution in [2.24, 2.45) is 5.10 Å². The van der Waals surface area contributed by atoms with Crippen LogP contribution in [0.5, 0.6) is 5.75 Å². The van der Waals surface area contributed by atoms with Crippen molar-refractivity contribution >= 4 is 17.2 Å². The summed E-state index contributed by atoms with van der Waals surface area (Å²) in [6.45, 7) is 0. The average Bonchev–Trinajstić information content (AvgIpc) is 3.30. The van der Waals surface area contributed by atoms with Crippen molar-refractivity contribution in [2.45, 2.75) is 12.0 Å². The molecule has 4 nitrogen and oxygen atoms in total. The van der Waals surface area contributed by atoms with Crippen LogP contribution in [0.25, 0.3) is 0 Å². The predicted octanol–water partition coefficient (Wildman–Crippen LogP) is 5.95. The summed E-state index contributed by atoms with van der Waals surface area (Å²) in [6, 6.07) is 37.0. The molecule has 1 aliphatic rings. The van der Waals surface area contributed by atoms with E-state index in [-0.39, 0.29) is 11.7 Å². The van der Waals surface area contributed by atoms with Gasteiger partial charge in [-0.15, -0.1) is 0 Å². The largest absolute Gasteiger partial charge is 0.497 e.